The normalized spacial score (nSPS) is 11.0. The Labute approximate surface area is 154 Å². The Morgan fingerprint density at radius 2 is 2.00 bits per heavy atom. The number of carbonyl (C=O) groups is 1. The van der Waals surface area contributed by atoms with Gasteiger partial charge in [-0.1, -0.05) is 18.2 Å². The van der Waals surface area contributed by atoms with Gasteiger partial charge in [0.15, 0.2) is 11.6 Å². The van der Waals surface area contributed by atoms with Gasteiger partial charge in [-0.05, 0) is 19.1 Å². The molecule has 0 aliphatic rings. The molecular formula is C19H16N6O2. The van der Waals surface area contributed by atoms with E-state index in [2.05, 4.69) is 19.9 Å². The molecule has 0 amide bonds. The molecule has 8 nitrogen and oxygen atoms in total. The highest BCUT2D eigenvalue weighted by Gasteiger charge is 2.19. The second kappa shape index (κ2) is 6.49. The van der Waals surface area contributed by atoms with E-state index in [1.807, 2.05) is 17.6 Å². The summed E-state index contributed by atoms with van der Waals surface area (Å²) in [4.78, 5) is 29.1. The van der Waals surface area contributed by atoms with Crippen LogP contribution >= 0.6 is 0 Å². The molecule has 0 spiro atoms. The number of fused-ring (bicyclic) bond motifs is 1. The molecule has 3 N–H and O–H groups in total. The van der Waals surface area contributed by atoms with E-state index in [1.54, 1.807) is 30.6 Å². The highest BCUT2D eigenvalue weighted by atomic mass is 16.4. The Kier molecular flexibility index (Phi) is 4.00. The fourth-order valence-corrected chi connectivity index (χ4v) is 3.07. The van der Waals surface area contributed by atoms with Gasteiger partial charge in [0.25, 0.3) is 0 Å². The number of aryl methyl sites for hydroxylation is 1. The number of aromatic carboxylic acids is 1. The van der Waals surface area contributed by atoms with Gasteiger partial charge in [-0.2, -0.15) is 0 Å². The first-order valence-corrected chi connectivity index (χ1v) is 8.36. The van der Waals surface area contributed by atoms with Crippen molar-refractivity contribution in [3.63, 3.8) is 0 Å². The lowest BCUT2D eigenvalue weighted by atomic mass is 10.0. The maximum absolute atomic E-state index is 11.5. The van der Waals surface area contributed by atoms with E-state index in [9.17, 15) is 9.90 Å². The lowest BCUT2D eigenvalue weighted by Gasteiger charge is -2.10. The first kappa shape index (κ1) is 16.6. The van der Waals surface area contributed by atoms with Gasteiger partial charge in [0.05, 0.1) is 29.2 Å². The lowest BCUT2D eigenvalue weighted by Crippen LogP contribution is -2.06. The van der Waals surface area contributed by atoms with Gasteiger partial charge >= 0.3 is 5.97 Å². The summed E-state index contributed by atoms with van der Waals surface area (Å²) in [6.45, 7) is 2.66. The zero-order valence-electron chi connectivity index (χ0n) is 14.5. The second-order valence-corrected chi connectivity index (χ2v) is 5.88. The molecule has 3 aromatic heterocycles. The summed E-state index contributed by atoms with van der Waals surface area (Å²) in [7, 11) is 0. The third kappa shape index (κ3) is 2.77. The number of hydrogen-bond donors (Lipinski definition) is 2. The number of pyridine rings is 1. The summed E-state index contributed by atoms with van der Waals surface area (Å²) in [6.07, 6.45) is 4.85. The van der Waals surface area contributed by atoms with Crippen LogP contribution in [0.3, 0.4) is 0 Å². The van der Waals surface area contributed by atoms with Crippen molar-refractivity contribution in [2.24, 2.45) is 0 Å². The van der Waals surface area contributed by atoms with Crippen LogP contribution in [-0.2, 0) is 6.54 Å². The van der Waals surface area contributed by atoms with Gasteiger partial charge in [0.1, 0.15) is 11.2 Å². The first-order valence-electron chi connectivity index (χ1n) is 8.36. The number of hydrogen-bond acceptors (Lipinski definition) is 6. The van der Waals surface area contributed by atoms with Gasteiger partial charge in [-0.15, -0.1) is 0 Å². The summed E-state index contributed by atoms with van der Waals surface area (Å²) < 4.78 is 1.98. The third-order valence-electron chi connectivity index (χ3n) is 4.31. The minimum atomic E-state index is -1.03. The van der Waals surface area contributed by atoms with Gasteiger partial charge in [-0.25, -0.2) is 19.7 Å². The van der Waals surface area contributed by atoms with Gasteiger partial charge in [0.2, 0.25) is 0 Å². The largest absolute Gasteiger partial charge is 0.478 e. The molecule has 134 valence electrons. The molecule has 8 heteroatoms. The van der Waals surface area contributed by atoms with Crippen LogP contribution in [0.4, 0.5) is 5.82 Å². The Balaban J connectivity index is 1.94. The van der Waals surface area contributed by atoms with Crippen molar-refractivity contribution in [3.05, 3.63) is 54.5 Å². The maximum atomic E-state index is 11.5. The fourth-order valence-electron chi connectivity index (χ4n) is 3.07. The van der Waals surface area contributed by atoms with Crippen LogP contribution in [0.15, 0.2) is 48.9 Å². The van der Waals surface area contributed by atoms with Crippen LogP contribution < -0.4 is 5.73 Å². The molecule has 3 heterocycles. The molecule has 0 aliphatic carbocycles. The smallest absolute Gasteiger partial charge is 0.336 e. The van der Waals surface area contributed by atoms with Crippen LogP contribution in [0, 0.1) is 0 Å². The summed E-state index contributed by atoms with van der Waals surface area (Å²) in [5.41, 5.74) is 9.18. The van der Waals surface area contributed by atoms with Crippen LogP contribution in [-0.4, -0.2) is 35.6 Å². The zero-order valence-corrected chi connectivity index (χ0v) is 14.5. The number of anilines is 1. The predicted molar refractivity (Wildman–Crippen MR) is 101 cm³/mol. The zero-order chi connectivity index (χ0) is 19.0. The Morgan fingerprint density at radius 1 is 1.19 bits per heavy atom. The Bertz CT molecular complexity index is 1170. The number of aromatic nitrogens is 5. The summed E-state index contributed by atoms with van der Waals surface area (Å²) in [5, 5.41) is 9.45. The molecule has 0 atom stereocenters. The molecule has 0 fully saturated rings. The topological polar surface area (TPSA) is 120 Å². The molecule has 27 heavy (non-hydrogen) atoms. The molecule has 0 saturated carbocycles. The van der Waals surface area contributed by atoms with Crippen molar-refractivity contribution in [2.45, 2.75) is 13.5 Å². The number of imidazole rings is 1. The summed E-state index contributed by atoms with van der Waals surface area (Å²) >= 11 is 0. The number of nitrogens with zero attached hydrogens (tertiary/aromatic N) is 5. The van der Waals surface area contributed by atoms with Gasteiger partial charge in [-0.3, -0.25) is 4.98 Å². The molecule has 0 bridgehead atoms. The predicted octanol–water partition coefficient (Wildman–Crippen LogP) is 2.86. The highest BCUT2D eigenvalue weighted by molar-refractivity contribution is 5.95. The van der Waals surface area contributed by atoms with Crippen molar-refractivity contribution in [1.82, 2.24) is 24.5 Å². The average Bonchev–Trinajstić information content (AvgIpc) is 3.06. The van der Waals surface area contributed by atoms with Crippen molar-refractivity contribution in [2.75, 3.05) is 5.73 Å². The summed E-state index contributed by atoms with van der Waals surface area (Å²) in [5.74, 6) is -0.234. The van der Waals surface area contributed by atoms with E-state index >= 15 is 0 Å². The number of carboxylic acid groups (broad SMARTS) is 1. The van der Waals surface area contributed by atoms with E-state index in [4.69, 9.17) is 5.73 Å². The minimum Gasteiger partial charge on any atom is -0.478 e. The third-order valence-corrected chi connectivity index (χ3v) is 4.31. The van der Waals surface area contributed by atoms with E-state index in [-0.39, 0.29) is 11.4 Å². The molecule has 0 aliphatic heterocycles. The van der Waals surface area contributed by atoms with Crippen LogP contribution in [0.2, 0.25) is 0 Å². The Morgan fingerprint density at radius 3 is 2.78 bits per heavy atom. The van der Waals surface area contributed by atoms with Crippen molar-refractivity contribution >= 4 is 22.8 Å². The molecule has 4 rings (SSSR count). The van der Waals surface area contributed by atoms with Gasteiger partial charge < -0.3 is 15.4 Å². The molecular weight excluding hydrogens is 344 g/mol. The van der Waals surface area contributed by atoms with Crippen molar-refractivity contribution in [3.8, 4) is 22.8 Å². The number of carboxylic acids is 1. The quantitative estimate of drug-likeness (QED) is 0.574. The summed E-state index contributed by atoms with van der Waals surface area (Å²) in [6, 6.07) is 8.53. The van der Waals surface area contributed by atoms with Crippen LogP contribution in [0.5, 0.6) is 0 Å². The molecule has 4 aromatic rings. The highest BCUT2D eigenvalue weighted by Crippen LogP contribution is 2.29. The van der Waals surface area contributed by atoms with Crippen molar-refractivity contribution in [1.29, 1.82) is 0 Å². The van der Waals surface area contributed by atoms with Gasteiger partial charge in [0, 0.05) is 18.3 Å². The SMILES string of the molecule is CCn1c(-c2nc(-c3ccccc3C(=O)O)cnc2N)nc2cnccc21. The van der Waals surface area contributed by atoms with E-state index in [1.165, 1.54) is 12.3 Å². The molecule has 1 aromatic carbocycles. The number of benzene rings is 1. The minimum absolute atomic E-state index is 0.149. The number of nitrogen functional groups attached to an aromatic ring is 1. The molecule has 0 unspecified atom stereocenters. The fraction of sp³-hybridized carbons (Fsp3) is 0.105. The standard InChI is InChI=1S/C19H16N6O2/c1-2-25-15-7-8-21-9-14(15)24-18(25)16-17(20)22-10-13(23-16)11-5-3-4-6-12(11)19(26)27/h3-10H,2H2,1H3,(H2,20,22)(H,26,27). The lowest BCUT2D eigenvalue weighted by molar-refractivity contribution is 0.0697. The van der Waals surface area contributed by atoms with Crippen molar-refractivity contribution < 1.29 is 9.90 Å². The number of nitrogens with two attached hydrogens (primary N) is 1. The monoisotopic (exact) mass is 360 g/mol. The Hall–Kier alpha value is -3.81. The van der Waals surface area contributed by atoms with Crippen LogP contribution in [0.25, 0.3) is 33.8 Å². The first-order chi connectivity index (χ1) is 13.1. The maximum Gasteiger partial charge on any atom is 0.336 e. The van der Waals surface area contributed by atoms with E-state index in [0.717, 1.165) is 11.0 Å². The molecule has 0 saturated heterocycles. The van der Waals surface area contributed by atoms with Crippen LogP contribution in [0.1, 0.15) is 17.3 Å². The molecule has 0 radical (unpaired) electrons. The van der Waals surface area contributed by atoms with E-state index in [0.29, 0.717) is 29.3 Å². The van der Waals surface area contributed by atoms with E-state index < -0.39 is 5.97 Å². The number of rotatable bonds is 4. The average molecular weight is 360 g/mol. The second-order valence-electron chi connectivity index (χ2n) is 5.88.